The molecule has 64 valence electrons. The van der Waals surface area contributed by atoms with E-state index in [0.717, 1.165) is 5.69 Å². The molecule has 0 aliphatic rings. The van der Waals surface area contributed by atoms with E-state index in [0.29, 0.717) is 6.42 Å². The van der Waals surface area contributed by atoms with E-state index in [4.69, 9.17) is 11.6 Å². The summed E-state index contributed by atoms with van der Waals surface area (Å²) in [6.07, 6.45) is 2.29. The van der Waals surface area contributed by atoms with Gasteiger partial charge >= 0.3 is 5.43 Å². The van der Waals surface area contributed by atoms with Crippen LogP contribution in [0.3, 0.4) is 0 Å². The average molecular weight is 186 g/mol. The molecular weight excluding hydrogens is 178 g/mol. The lowest BCUT2D eigenvalue weighted by atomic mass is 10.3. The zero-order chi connectivity index (χ0) is 8.81. The standard InChI is InChI=1S/C8H8ClNO2/c9-8(11)12-6-4-7-3-1-2-5-10-7/h1-3,5H,4,6H2. The molecule has 1 aromatic rings. The fourth-order valence-electron chi connectivity index (χ4n) is 0.782. The van der Waals surface area contributed by atoms with Crippen LogP contribution in [0.2, 0.25) is 0 Å². The Kier molecular flexibility index (Phi) is 3.54. The van der Waals surface area contributed by atoms with E-state index in [-0.39, 0.29) is 6.61 Å². The third-order valence-corrected chi connectivity index (χ3v) is 1.41. The quantitative estimate of drug-likeness (QED) is 0.677. The molecule has 0 bridgehead atoms. The van der Waals surface area contributed by atoms with E-state index in [1.807, 2.05) is 18.2 Å². The van der Waals surface area contributed by atoms with Gasteiger partial charge in [-0.05, 0) is 12.1 Å². The lowest BCUT2D eigenvalue weighted by molar-refractivity contribution is 0.174. The number of hydrogen-bond donors (Lipinski definition) is 0. The number of hydrogen-bond acceptors (Lipinski definition) is 3. The molecule has 0 aromatic carbocycles. The van der Waals surface area contributed by atoms with Crippen LogP contribution in [0.15, 0.2) is 24.4 Å². The van der Waals surface area contributed by atoms with Gasteiger partial charge in [0.15, 0.2) is 0 Å². The minimum absolute atomic E-state index is 0.277. The normalized spacial score (nSPS) is 9.42. The Morgan fingerprint density at radius 2 is 2.42 bits per heavy atom. The molecule has 0 atom stereocenters. The Hall–Kier alpha value is -1.09. The molecule has 1 heterocycles. The topological polar surface area (TPSA) is 39.2 Å². The Balaban J connectivity index is 2.29. The van der Waals surface area contributed by atoms with E-state index in [1.54, 1.807) is 6.20 Å². The van der Waals surface area contributed by atoms with Gasteiger partial charge in [0, 0.05) is 29.9 Å². The maximum absolute atomic E-state index is 10.2. The second-order valence-electron chi connectivity index (χ2n) is 2.16. The molecule has 0 aliphatic carbocycles. The van der Waals surface area contributed by atoms with E-state index >= 15 is 0 Å². The van der Waals surface area contributed by atoms with E-state index < -0.39 is 5.43 Å². The van der Waals surface area contributed by atoms with Gasteiger partial charge in [0.05, 0.1) is 6.61 Å². The lowest BCUT2D eigenvalue weighted by Gasteiger charge is -1.98. The fraction of sp³-hybridized carbons (Fsp3) is 0.250. The highest BCUT2D eigenvalue weighted by Gasteiger charge is 1.96. The van der Waals surface area contributed by atoms with Crippen LogP contribution in [0, 0.1) is 0 Å². The molecule has 0 radical (unpaired) electrons. The molecule has 0 aliphatic heterocycles. The maximum atomic E-state index is 10.2. The molecule has 0 fully saturated rings. The van der Waals surface area contributed by atoms with Crippen LogP contribution in [0.4, 0.5) is 4.79 Å². The van der Waals surface area contributed by atoms with Crippen molar-refractivity contribution in [3.05, 3.63) is 30.1 Å². The van der Waals surface area contributed by atoms with Gasteiger partial charge in [0.2, 0.25) is 0 Å². The van der Waals surface area contributed by atoms with Crippen LogP contribution >= 0.6 is 11.6 Å². The summed E-state index contributed by atoms with van der Waals surface area (Å²) in [4.78, 5) is 14.2. The van der Waals surface area contributed by atoms with Crippen LogP contribution in [0.1, 0.15) is 5.69 Å². The minimum Gasteiger partial charge on any atom is -0.453 e. The first-order valence-corrected chi connectivity index (χ1v) is 3.89. The van der Waals surface area contributed by atoms with Crippen molar-refractivity contribution in [3.8, 4) is 0 Å². The highest BCUT2D eigenvalue weighted by molar-refractivity contribution is 6.61. The third-order valence-electron chi connectivity index (χ3n) is 1.30. The monoisotopic (exact) mass is 185 g/mol. The summed E-state index contributed by atoms with van der Waals surface area (Å²) in [6.45, 7) is 0.277. The first-order chi connectivity index (χ1) is 5.79. The molecule has 12 heavy (non-hydrogen) atoms. The summed E-state index contributed by atoms with van der Waals surface area (Å²) < 4.78 is 4.53. The highest BCUT2D eigenvalue weighted by atomic mass is 35.5. The number of aromatic nitrogens is 1. The van der Waals surface area contributed by atoms with Crippen LogP contribution < -0.4 is 0 Å². The average Bonchev–Trinajstić information content (AvgIpc) is 2.05. The molecule has 0 spiro atoms. The lowest BCUT2D eigenvalue weighted by Crippen LogP contribution is -2.01. The molecule has 0 amide bonds. The number of halogens is 1. The van der Waals surface area contributed by atoms with Gasteiger partial charge in [-0.25, -0.2) is 4.79 Å². The third kappa shape index (κ3) is 3.34. The molecule has 1 rings (SSSR count). The predicted octanol–water partition coefficient (Wildman–Crippen LogP) is 2.00. The second kappa shape index (κ2) is 4.72. The Bertz CT molecular complexity index is 250. The number of pyridine rings is 1. The predicted molar refractivity (Wildman–Crippen MR) is 45.1 cm³/mol. The fourth-order valence-corrected chi connectivity index (χ4v) is 0.859. The van der Waals surface area contributed by atoms with Gasteiger partial charge in [-0.1, -0.05) is 6.07 Å². The van der Waals surface area contributed by atoms with Gasteiger partial charge in [-0.2, -0.15) is 0 Å². The summed E-state index contributed by atoms with van der Waals surface area (Å²) in [5, 5.41) is 0. The van der Waals surface area contributed by atoms with Crippen molar-refractivity contribution < 1.29 is 9.53 Å². The Morgan fingerprint density at radius 1 is 1.58 bits per heavy atom. The van der Waals surface area contributed by atoms with Crippen molar-refractivity contribution in [2.45, 2.75) is 6.42 Å². The number of carbonyl (C=O) groups excluding carboxylic acids is 1. The summed E-state index contributed by atoms with van der Waals surface area (Å²) in [7, 11) is 0. The zero-order valence-electron chi connectivity index (χ0n) is 6.37. The smallest absolute Gasteiger partial charge is 0.403 e. The number of ether oxygens (including phenoxy) is 1. The Labute approximate surface area is 75.3 Å². The molecular formula is C8H8ClNO2. The molecule has 0 N–H and O–H groups in total. The van der Waals surface area contributed by atoms with Gasteiger partial charge in [-0.3, -0.25) is 4.98 Å². The van der Waals surface area contributed by atoms with Crippen LogP contribution in [0.5, 0.6) is 0 Å². The van der Waals surface area contributed by atoms with Crippen molar-refractivity contribution in [1.82, 2.24) is 4.98 Å². The van der Waals surface area contributed by atoms with Crippen molar-refractivity contribution in [2.24, 2.45) is 0 Å². The van der Waals surface area contributed by atoms with Crippen LogP contribution in [0.25, 0.3) is 0 Å². The van der Waals surface area contributed by atoms with Crippen molar-refractivity contribution in [3.63, 3.8) is 0 Å². The van der Waals surface area contributed by atoms with Gasteiger partial charge in [0.25, 0.3) is 0 Å². The summed E-state index contributed by atoms with van der Waals surface area (Å²) in [6, 6.07) is 5.57. The minimum atomic E-state index is -0.772. The molecule has 0 saturated heterocycles. The molecule has 3 nitrogen and oxygen atoms in total. The molecule has 4 heteroatoms. The molecule has 0 saturated carbocycles. The maximum Gasteiger partial charge on any atom is 0.403 e. The largest absolute Gasteiger partial charge is 0.453 e. The second-order valence-corrected chi connectivity index (χ2v) is 2.47. The molecule has 1 aromatic heterocycles. The SMILES string of the molecule is O=C(Cl)OCCc1ccccn1. The van der Waals surface area contributed by atoms with Gasteiger partial charge in [0.1, 0.15) is 0 Å². The number of carbonyl (C=O) groups is 1. The number of nitrogens with zero attached hydrogens (tertiary/aromatic N) is 1. The summed E-state index contributed by atoms with van der Waals surface area (Å²) in [5.74, 6) is 0. The van der Waals surface area contributed by atoms with E-state index in [9.17, 15) is 4.79 Å². The van der Waals surface area contributed by atoms with Gasteiger partial charge in [-0.15, -0.1) is 0 Å². The first-order valence-electron chi connectivity index (χ1n) is 3.51. The summed E-state index contributed by atoms with van der Waals surface area (Å²) in [5.41, 5.74) is 0.112. The van der Waals surface area contributed by atoms with Gasteiger partial charge < -0.3 is 4.74 Å². The van der Waals surface area contributed by atoms with Crippen molar-refractivity contribution >= 4 is 17.0 Å². The zero-order valence-corrected chi connectivity index (χ0v) is 7.12. The van der Waals surface area contributed by atoms with Crippen LogP contribution in [-0.4, -0.2) is 17.0 Å². The van der Waals surface area contributed by atoms with E-state index in [1.165, 1.54) is 0 Å². The van der Waals surface area contributed by atoms with Crippen molar-refractivity contribution in [2.75, 3.05) is 6.61 Å². The summed E-state index contributed by atoms with van der Waals surface area (Å²) >= 11 is 4.96. The highest BCUT2D eigenvalue weighted by Crippen LogP contribution is 1.96. The van der Waals surface area contributed by atoms with Crippen LogP contribution in [-0.2, 0) is 11.2 Å². The molecule has 0 unspecified atom stereocenters. The Morgan fingerprint density at radius 3 is 3.00 bits per heavy atom. The first kappa shape index (κ1) is 9.00. The van der Waals surface area contributed by atoms with Crippen molar-refractivity contribution in [1.29, 1.82) is 0 Å². The van der Waals surface area contributed by atoms with E-state index in [2.05, 4.69) is 9.72 Å². The number of rotatable bonds is 3.